The van der Waals surface area contributed by atoms with Gasteiger partial charge in [0.25, 0.3) is 0 Å². The van der Waals surface area contributed by atoms with Crippen LogP contribution < -0.4 is 4.74 Å². The third kappa shape index (κ3) is 2.64. The maximum atomic E-state index is 8.99. The molecular weight excluding hydrogens is 226 g/mol. The molecule has 0 unspecified atom stereocenters. The van der Waals surface area contributed by atoms with Crippen molar-refractivity contribution in [1.29, 1.82) is 5.26 Å². The molecule has 1 aromatic heterocycles. The average Bonchev–Trinajstić information content (AvgIpc) is 2.38. The zero-order valence-corrected chi connectivity index (χ0v) is 10.3. The third-order valence-electron chi connectivity index (χ3n) is 2.45. The van der Waals surface area contributed by atoms with Crippen LogP contribution in [0.2, 0.25) is 0 Å². The first-order chi connectivity index (χ1) is 8.72. The number of rotatable bonds is 3. The molecule has 0 bridgehead atoms. The second-order valence-electron chi connectivity index (χ2n) is 3.81. The van der Waals surface area contributed by atoms with Crippen molar-refractivity contribution >= 4 is 0 Å². The molecular formula is C14H13N3O. The van der Waals surface area contributed by atoms with Crippen LogP contribution in [0.25, 0.3) is 0 Å². The molecule has 0 radical (unpaired) electrons. The van der Waals surface area contributed by atoms with E-state index in [2.05, 4.69) is 16.0 Å². The number of aryl methyl sites for hydroxylation is 2. The summed E-state index contributed by atoms with van der Waals surface area (Å²) >= 11 is 0. The van der Waals surface area contributed by atoms with Gasteiger partial charge in [0.05, 0.1) is 5.56 Å². The van der Waals surface area contributed by atoms with Gasteiger partial charge in [-0.25, -0.2) is 4.98 Å². The summed E-state index contributed by atoms with van der Waals surface area (Å²) < 4.78 is 5.65. The molecule has 0 amide bonds. The van der Waals surface area contributed by atoms with Crippen molar-refractivity contribution in [2.75, 3.05) is 0 Å². The Hall–Kier alpha value is -2.41. The van der Waals surface area contributed by atoms with E-state index in [0.29, 0.717) is 23.0 Å². The number of ether oxygens (including phenoxy) is 1. The highest BCUT2D eigenvalue weighted by Gasteiger charge is 2.06. The van der Waals surface area contributed by atoms with Crippen molar-refractivity contribution in [2.24, 2.45) is 0 Å². The van der Waals surface area contributed by atoms with E-state index in [1.54, 1.807) is 24.3 Å². The quantitative estimate of drug-likeness (QED) is 0.826. The van der Waals surface area contributed by atoms with Crippen LogP contribution in [0.3, 0.4) is 0 Å². The highest BCUT2D eigenvalue weighted by molar-refractivity contribution is 5.44. The number of hydrogen-bond acceptors (Lipinski definition) is 4. The van der Waals surface area contributed by atoms with Crippen LogP contribution in [0.1, 0.15) is 24.0 Å². The molecule has 2 rings (SSSR count). The summed E-state index contributed by atoms with van der Waals surface area (Å²) in [5.74, 6) is 1.65. The van der Waals surface area contributed by atoms with E-state index < -0.39 is 0 Å². The SMILES string of the molecule is CCc1cc(Oc2ccccc2C#N)nc(C)n1. The molecule has 0 aliphatic carbocycles. The molecule has 90 valence electrons. The fourth-order valence-corrected chi connectivity index (χ4v) is 1.59. The molecule has 4 heteroatoms. The maximum Gasteiger partial charge on any atom is 0.222 e. The van der Waals surface area contributed by atoms with E-state index in [-0.39, 0.29) is 0 Å². The Morgan fingerprint density at radius 2 is 2.06 bits per heavy atom. The number of benzene rings is 1. The second-order valence-corrected chi connectivity index (χ2v) is 3.81. The normalized spacial score (nSPS) is 9.83. The summed E-state index contributed by atoms with van der Waals surface area (Å²) in [6.07, 6.45) is 0.819. The van der Waals surface area contributed by atoms with Crippen LogP contribution >= 0.6 is 0 Å². The molecule has 0 saturated heterocycles. The lowest BCUT2D eigenvalue weighted by Crippen LogP contribution is -1.98. The molecule has 4 nitrogen and oxygen atoms in total. The molecule has 1 heterocycles. The second kappa shape index (κ2) is 5.28. The van der Waals surface area contributed by atoms with E-state index in [0.717, 1.165) is 12.1 Å². The van der Waals surface area contributed by atoms with Gasteiger partial charge in [0, 0.05) is 11.8 Å². The summed E-state index contributed by atoms with van der Waals surface area (Å²) in [7, 11) is 0. The summed E-state index contributed by atoms with van der Waals surface area (Å²) in [5, 5.41) is 8.99. The summed E-state index contributed by atoms with van der Waals surface area (Å²) in [6, 6.07) is 11.0. The van der Waals surface area contributed by atoms with Gasteiger partial charge in [0.15, 0.2) is 0 Å². The number of nitrogens with zero attached hydrogens (tertiary/aromatic N) is 3. The van der Waals surface area contributed by atoms with Crippen LogP contribution in [-0.4, -0.2) is 9.97 Å². The molecule has 2 aromatic rings. The first-order valence-electron chi connectivity index (χ1n) is 5.74. The zero-order chi connectivity index (χ0) is 13.0. The molecule has 0 aliphatic rings. The monoisotopic (exact) mass is 239 g/mol. The first kappa shape index (κ1) is 12.1. The molecule has 0 fully saturated rings. The van der Waals surface area contributed by atoms with Crippen LogP contribution in [-0.2, 0) is 6.42 Å². The number of hydrogen-bond donors (Lipinski definition) is 0. The summed E-state index contributed by atoms with van der Waals surface area (Å²) in [4.78, 5) is 8.49. The van der Waals surface area contributed by atoms with Gasteiger partial charge in [-0.1, -0.05) is 19.1 Å². The Morgan fingerprint density at radius 1 is 1.28 bits per heavy atom. The Morgan fingerprint density at radius 3 is 2.78 bits per heavy atom. The Bertz CT molecular complexity index is 602. The van der Waals surface area contributed by atoms with Gasteiger partial charge >= 0.3 is 0 Å². The Balaban J connectivity index is 2.34. The number of aromatic nitrogens is 2. The van der Waals surface area contributed by atoms with Crippen LogP contribution in [0.4, 0.5) is 0 Å². The highest BCUT2D eigenvalue weighted by atomic mass is 16.5. The van der Waals surface area contributed by atoms with Crippen molar-refractivity contribution in [3.8, 4) is 17.7 Å². The summed E-state index contributed by atoms with van der Waals surface area (Å²) in [5.41, 5.74) is 1.42. The largest absolute Gasteiger partial charge is 0.438 e. The molecule has 18 heavy (non-hydrogen) atoms. The van der Waals surface area contributed by atoms with Gasteiger partial charge < -0.3 is 4.74 Å². The van der Waals surface area contributed by atoms with Crippen LogP contribution in [0.15, 0.2) is 30.3 Å². The van der Waals surface area contributed by atoms with Crippen molar-refractivity contribution in [3.05, 3.63) is 47.4 Å². The minimum Gasteiger partial charge on any atom is -0.438 e. The van der Waals surface area contributed by atoms with Crippen molar-refractivity contribution in [2.45, 2.75) is 20.3 Å². The third-order valence-corrected chi connectivity index (χ3v) is 2.45. The van der Waals surface area contributed by atoms with Gasteiger partial charge in [0.2, 0.25) is 5.88 Å². The first-order valence-corrected chi connectivity index (χ1v) is 5.74. The fourth-order valence-electron chi connectivity index (χ4n) is 1.59. The molecule has 0 saturated carbocycles. The number of para-hydroxylation sites is 1. The van der Waals surface area contributed by atoms with Crippen molar-refractivity contribution in [1.82, 2.24) is 9.97 Å². The highest BCUT2D eigenvalue weighted by Crippen LogP contribution is 2.23. The molecule has 1 aromatic carbocycles. The fraction of sp³-hybridized carbons (Fsp3) is 0.214. The van der Waals surface area contributed by atoms with Gasteiger partial charge in [0.1, 0.15) is 17.6 Å². The van der Waals surface area contributed by atoms with E-state index >= 15 is 0 Å². The predicted octanol–water partition coefficient (Wildman–Crippen LogP) is 3.01. The molecule has 0 spiro atoms. The lowest BCUT2D eigenvalue weighted by Gasteiger charge is -2.07. The minimum absolute atomic E-state index is 0.474. The lowest BCUT2D eigenvalue weighted by molar-refractivity contribution is 0.457. The van der Waals surface area contributed by atoms with Crippen molar-refractivity contribution in [3.63, 3.8) is 0 Å². The van der Waals surface area contributed by atoms with Gasteiger partial charge in [-0.3, -0.25) is 0 Å². The Labute approximate surface area is 106 Å². The van der Waals surface area contributed by atoms with Crippen molar-refractivity contribution < 1.29 is 4.74 Å². The van der Waals surface area contributed by atoms with E-state index in [1.807, 2.05) is 19.9 Å². The number of nitriles is 1. The van der Waals surface area contributed by atoms with Crippen LogP contribution in [0.5, 0.6) is 11.6 Å². The smallest absolute Gasteiger partial charge is 0.222 e. The average molecular weight is 239 g/mol. The molecule has 0 atom stereocenters. The summed E-state index contributed by atoms with van der Waals surface area (Å²) in [6.45, 7) is 3.84. The Kier molecular flexibility index (Phi) is 3.54. The van der Waals surface area contributed by atoms with Crippen LogP contribution in [0, 0.1) is 18.3 Å². The standard InChI is InChI=1S/C14H13N3O/c1-3-12-8-14(17-10(2)16-12)18-13-7-5-4-6-11(13)9-15/h4-8H,3H2,1-2H3. The molecule has 0 N–H and O–H groups in total. The van der Waals surface area contributed by atoms with Gasteiger partial charge in [-0.05, 0) is 25.5 Å². The minimum atomic E-state index is 0.474. The molecule has 0 aliphatic heterocycles. The van der Waals surface area contributed by atoms with E-state index in [1.165, 1.54) is 0 Å². The zero-order valence-electron chi connectivity index (χ0n) is 10.3. The topological polar surface area (TPSA) is 58.8 Å². The van der Waals surface area contributed by atoms with E-state index in [9.17, 15) is 0 Å². The predicted molar refractivity (Wildman–Crippen MR) is 67.4 cm³/mol. The van der Waals surface area contributed by atoms with Gasteiger partial charge in [-0.15, -0.1) is 0 Å². The maximum absolute atomic E-state index is 8.99. The lowest BCUT2D eigenvalue weighted by atomic mass is 10.2. The van der Waals surface area contributed by atoms with E-state index in [4.69, 9.17) is 10.00 Å². The van der Waals surface area contributed by atoms with Gasteiger partial charge in [-0.2, -0.15) is 10.2 Å².